The van der Waals surface area contributed by atoms with Crippen molar-refractivity contribution in [3.8, 4) is 5.75 Å². The molecule has 1 rings (SSSR count). The van der Waals surface area contributed by atoms with Gasteiger partial charge >= 0.3 is 5.97 Å². The Hall–Kier alpha value is -1.89. The number of aromatic carboxylic acids is 1. The molecule has 0 saturated carbocycles. The van der Waals surface area contributed by atoms with Crippen molar-refractivity contribution in [2.45, 2.75) is 0 Å². The zero-order valence-electron chi connectivity index (χ0n) is 7.32. The summed E-state index contributed by atoms with van der Waals surface area (Å²) in [5.41, 5.74) is 4.25. The van der Waals surface area contributed by atoms with Crippen LogP contribution < -0.4 is 11.1 Å². The summed E-state index contributed by atoms with van der Waals surface area (Å²) >= 11 is 4.49. The topological polar surface area (TPSA) is 95.6 Å². The Kier molecular flexibility index (Phi) is 3.05. The number of carbonyl (C=O) groups is 1. The first-order valence-electron chi connectivity index (χ1n) is 3.74. The first kappa shape index (κ1) is 11.2. The fourth-order valence-corrected chi connectivity index (χ4v) is 1.11. The minimum atomic E-state index is -1.57. The van der Waals surface area contributed by atoms with E-state index >= 15 is 0 Å². The maximum Gasteiger partial charge on any atom is 0.342 e. The number of carboxylic acid groups (broad SMARTS) is 1. The minimum Gasteiger partial charge on any atom is -0.505 e. The van der Waals surface area contributed by atoms with Crippen LogP contribution in [0.15, 0.2) is 12.1 Å². The van der Waals surface area contributed by atoms with Crippen molar-refractivity contribution in [2.24, 2.45) is 5.73 Å². The molecule has 0 aromatic heterocycles. The van der Waals surface area contributed by atoms with Crippen LogP contribution in [-0.4, -0.2) is 21.3 Å². The van der Waals surface area contributed by atoms with Gasteiger partial charge in [-0.05, 0) is 24.4 Å². The number of hydrogen-bond donors (Lipinski definition) is 4. The molecule has 0 heterocycles. The molecule has 0 saturated heterocycles. The molecule has 0 aliphatic rings. The predicted octanol–water partition coefficient (Wildman–Crippen LogP) is 0.885. The number of thiocarbonyl (C=S) groups is 1. The number of aromatic hydroxyl groups is 1. The molecule has 80 valence electrons. The van der Waals surface area contributed by atoms with Crippen LogP contribution in [0, 0.1) is 5.82 Å². The Balaban J connectivity index is 3.28. The first-order chi connectivity index (χ1) is 6.93. The van der Waals surface area contributed by atoms with Crippen molar-refractivity contribution >= 4 is 29.0 Å². The Labute approximate surface area is 89.3 Å². The number of carboxylic acids is 1. The van der Waals surface area contributed by atoms with Crippen LogP contribution in [0.5, 0.6) is 5.75 Å². The third-order valence-electron chi connectivity index (χ3n) is 1.60. The molecule has 0 amide bonds. The normalized spacial score (nSPS) is 9.67. The summed E-state index contributed by atoms with van der Waals surface area (Å²) in [5.74, 6) is -3.35. The van der Waals surface area contributed by atoms with E-state index in [-0.39, 0.29) is 10.8 Å². The zero-order chi connectivity index (χ0) is 11.6. The fraction of sp³-hybridized carbons (Fsp3) is 0. The maximum atomic E-state index is 13.0. The van der Waals surface area contributed by atoms with Gasteiger partial charge in [0.2, 0.25) is 0 Å². The predicted molar refractivity (Wildman–Crippen MR) is 55.4 cm³/mol. The molecule has 0 bridgehead atoms. The number of rotatable bonds is 2. The van der Waals surface area contributed by atoms with Gasteiger partial charge < -0.3 is 21.3 Å². The summed E-state index contributed by atoms with van der Waals surface area (Å²) < 4.78 is 13.0. The van der Waals surface area contributed by atoms with Crippen molar-refractivity contribution in [2.75, 3.05) is 5.32 Å². The molecule has 0 aliphatic carbocycles. The number of nitrogens with one attached hydrogen (secondary N) is 1. The second-order valence-electron chi connectivity index (χ2n) is 2.61. The van der Waals surface area contributed by atoms with Gasteiger partial charge in [-0.1, -0.05) is 0 Å². The summed E-state index contributed by atoms with van der Waals surface area (Å²) in [6.07, 6.45) is 0. The standard InChI is InChI=1S/C8H7FN2O3S/c9-3-1-2-4(11-8(10)15)6(12)5(3)7(13)14/h1-2,12H,(H,13,14)(H3,10,11,15). The van der Waals surface area contributed by atoms with E-state index in [1.54, 1.807) is 0 Å². The molecule has 5 N–H and O–H groups in total. The Morgan fingerprint density at radius 3 is 2.60 bits per heavy atom. The SMILES string of the molecule is NC(=S)Nc1ccc(F)c(C(=O)O)c1O. The summed E-state index contributed by atoms with van der Waals surface area (Å²) in [5, 5.41) is 20.2. The smallest absolute Gasteiger partial charge is 0.342 e. The molecular formula is C8H7FN2O3S. The van der Waals surface area contributed by atoms with Crippen molar-refractivity contribution in [3.05, 3.63) is 23.5 Å². The quantitative estimate of drug-likeness (QED) is 0.445. The summed E-state index contributed by atoms with van der Waals surface area (Å²) in [4.78, 5) is 10.6. The molecule has 0 radical (unpaired) electrons. The molecule has 0 atom stereocenters. The van der Waals surface area contributed by atoms with Gasteiger partial charge in [0, 0.05) is 0 Å². The highest BCUT2D eigenvalue weighted by atomic mass is 32.1. The number of benzene rings is 1. The van der Waals surface area contributed by atoms with Crippen molar-refractivity contribution in [1.82, 2.24) is 0 Å². The fourth-order valence-electron chi connectivity index (χ4n) is 1.00. The van der Waals surface area contributed by atoms with Gasteiger partial charge in [-0.3, -0.25) is 0 Å². The van der Waals surface area contributed by atoms with Crippen LogP contribution in [0.1, 0.15) is 10.4 Å². The largest absolute Gasteiger partial charge is 0.505 e. The molecule has 0 unspecified atom stereocenters. The summed E-state index contributed by atoms with van der Waals surface area (Å²) in [6, 6.07) is 2.03. The highest BCUT2D eigenvalue weighted by Crippen LogP contribution is 2.29. The lowest BCUT2D eigenvalue weighted by Crippen LogP contribution is -2.19. The summed E-state index contributed by atoms with van der Waals surface area (Å²) in [7, 11) is 0. The first-order valence-corrected chi connectivity index (χ1v) is 4.15. The van der Waals surface area contributed by atoms with Gasteiger partial charge in [-0.25, -0.2) is 9.18 Å². The van der Waals surface area contributed by atoms with E-state index in [1.165, 1.54) is 0 Å². The van der Waals surface area contributed by atoms with E-state index in [4.69, 9.17) is 10.8 Å². The van der Waals surface area contributed by atoms with Crippen molar-refractivity contribution in [1.29, 1.82) is 0 Å². The highest BCUT2D eigenvalue weighted by molar-refractivity contribution is 7.80. The van der Waals surface area contributed by atoms with E-state index in [0.29, 0.717) is 0 Å². The number of halogens is 1. The van der Waals surface area contributed by atoms with Gasteiger partial charge in [0.15, 0.2) is 10.9 Å². The van der Waals surface area contributed by atoms with Gasteiger partial charge in [-0.2, -0.15) is 0 Å². The van der Waals surface area contributed by atoms with Crippen LogP contribution in [0.3, 0.4) is 0 Å². The van der Waals surface area contributed by atoms with Crippen LogP contribution in [-0.2, 0) is 0 Å². The van der Waals surface area contributed by atoms with Gasteiger partial charge in [-0.15, -0.1) is 0 Å². The molecule has 0 aliphatic heterocycles. The number of anilines is 1. The average Bonchev–Trinajstić information content (AvgIpc) is 2.09. The molecular weight excluding hydrogens is 223 g/mol. The van der Waals surface area contributed by atoms with Crippen LogP contribution >= 0.6 is 12.2 Å². The molecule has 7 heteroatoms. The maximum absolute atomic E-state index is 13.0. The monoisotopic (exact) mass is 230 g/mol. The van der Waals surface area contributed by atoms with Crippen molar-refractivity contribution < 1.29 is 19.4 Å². The van der Waals surface area contributed by atoms with Crippen molar-refractivity contribution in [3.63, 3.8) is 0 Å². The third-order valence-corrected chi connectivity index (χ3v) is 1.70. The van der Waals surface area contributed by atoms with Crippen LogP contribution in [0.4, 0.5) is 10.1 Å². The van der Waals surface area contributed by atoms with Gasteiger partial charge in [0.1, 0.15) is 11.4 Å². The lowest BCUT2D eigenvalue weighted by molar-refractivity contribution is 0.0688. The lowest BCUT2D eigenvalue weighted by atomic mass is 10.1. The van der Waals surface area contributed by atoms with E-state index in [9.17, 15) is 14.3 Å². The molecule has 15 heavy (non-hydrogen) atoms. The van der Waals surface area contributed by atoms with E-state index in [0.717, 1.165) is 12.1 Å². The second kappa shape index (κ2) is 4.09. The van der Waals surface area contributed by atoms with Gasteiger partial charge in [0.05, 0.1) is 5.69 Å². The molecule has 0 fully saturated rings. The van der Waals surface area contributed by atoms with E-state index in [2.05, 4.69) is 17.5 Å². The van der Waals surface area contributed by atoms with Crippen LogP contribution in [0.2, 0.25) is 0 Å². The third kappa shape index (κ3) is 2.32. The highest BCUT2D eigenvalue weighted by Gasteiger charge is 2.19. The Morgan fingerprint density at radius 2 is 2.13 bits per heavy atom. The van der Waals surface area contributed by atoms with Gasteiger partial charge in [0.25, 0.3) is 0 Å². The number of phenols is 1. The van der Waals surface area contributed by atoms with E-state index in [1.807, 2.05) is 0 Å². The minimum absolute atomic E-state index is 0.0544. The Morgan fingerprint density at radius 1 is 1.53 bits per heavy atom. The zero-order valence-corrected chi connectivity index (χ0v) is 8.14. The lowest BCUT2D eigenvalue weighted by Gasteiger charge is -2.08. The van der Waals surface area contributed by atoms with Crippen LogP contribution in [0.25, 0.3) is 0 Å². The number of hydrogen-bond acceptors (Lipinski definition) is 3. The second-order valence-corrected chi connectivity index (χ2v) is 3.05. The molecule has 5 nitrogen and oxygen atoms in total. The number of nitrogens with two attached hydrogens (primary N) is 1. The summed E-state index contributed by atoms with van der Waals surface area (Å²) in [6.45, 7) is 0. The molecule has 1 aromatic rings. The van der Waals surface area contributed by atoms with E-state index < -0.39 is 23.1 Å². The average molecular weight is 230 g/mol. The molecule has 1 aromatic carbocycles. The molecule has 0 spiro atoms. The Bertz CT molecular complexity index is 436.